The van der Waals surface area contributed by atoms with Crippen LogP contribution in [0.25, 0.3) is 11.1 Å². The van der Waals surface area contributed by atoms with E-state index >= 15 is 0 Å². The SMILES string of the molecule is Clc1ccccc1-c1cnc(N2CCCNCC2)nc1. The highest BCUT2D eigenvalue weighted by Crippen LogP contribution is 2.26. The molecule has 5 heteroatoms. The lowest BCUT2D eigenvalue weighted by Crippen LogP contribution is -2.29. The number of benzene rings is 1. The average molecular weight is 289 g/mol. The topological polar surface area (TPSA) is 41.1 Å². The first-order valence-corrected chi connectivity index (χ1v) is 7.25. The molecule has 104 valence electrons. The minimum absolute atomic E-state index is 0.725. The molecule has 4 nitrogen and oxygen atoms in total. The van der Waals surface area contributed by atoms with Crippen LogP contribution >= 0.6 is 11.6 Å². The van der Waals surface area contributed by atoms with Crippen molar-refractivity contribution in [3.05, 3.63) is 41.7 Å². The summed E-state index contributed by atoms with van der Waals surface area (Å²) in [5.74, 6) is 0.796. The molecule has 0 radical (unpaired) electrons. The van der Waals surface area contributed by atoms with E-state index in [9.17, 15) is 0 Å². The highest BCUT2D eigenvalue weighted by molar-refractivity contribution is 6.33. The van der Waals surface area contributed by atoms with Crippen molar-refractivity contribution in [3.8, 4) is 11.1 Å². The van der Waals surface area contributed by atoms with Crippen molar-refractivity contribution in [1.29, 1.82) is 0 Å². The molecule has 2 aromatic rings. The molecular weight excluding hydrogens is 272 g/mol. The van der Waals surface area contributed by atoms with Gasteiger partial charge in [0, 0.05) is 48.2 Å². The van der Waals surface area contributed by atoms with Crippen LogP contribution in [0.3, 0.4) is 0 Å². The fourth-order valence-electron chi connectivity index (χ4n) is 2.36. The van der Waals surface area contributed by atoms with Gasteiger partial charge in [-0.1, -0.05) is 29.8 Å². The Bertz CT molecular complexity index is 562. The molecule has 0 bridgehead atoms. The Morgan fingerprint density at radius 3 is 2.65 bits per heavy atom. The molecule has 1 saturated heterocycles. The van der Waals surface area contributed by atoms with Gasteiger partial charge in [-0.15, -0.1) is 0 Å². The smallest absolute Gasteiger partial charge is 0.225 e. The molecule has 1 aliphatic heterocycles. The first kappa shape index (κ1) is 13.3. The maximum atomic E-state index is 6.19. The van der Waals surface area contributed by atoms with E-state index in [0.29, 0.717) is 0 Å². The summed E-state index contributed by atoms with van der Waals surface area (Å²) in [5, 5.41) is 4.10. The quantitative estimate of drug-likeness (QED) is 0.922. The maximum absolute atomic E-state index is 6.19. The van der Waals surface area contributed by atoms with E-state index in [1.807, 2.05) is 36.7 Å². The Morgan fingerprint density at radius 1 is 1.05 bits per heavy atom. The monoisotopic (exact) mass is 288 g/mol. The summed E-state index contributed by atoms with van der Waals surface area (Å²) < 4.78 is 0. The van der Waals surface area contributed by atoms with Crippen molar-refractivity contribution >= 4 is 17.5 Å². The second-order valence-corrected chi connectivity index (χ2v) is 5.25. The average Bonchev–Trinajstić information content (AvgIpc) is 2.77. The summed E-state index contributed by atoms with van der Waals surface area (Å²) >= 11 is 6.19. The normalized spacial score (nSPS) is 15.9. The predicted molar refractivity (Wildman–Crippen MR) is 82.2 cm³/mol. The fraction of sp³-hybridized carbons (Fsp3) is 0.333. The lowest BCUT2D eigenvalue weighted by molar-refractivity contribution is 0.724. The number of hydrogen-bond donors (Lipinski definition) is 1. The molecule has 1 aromatic heterocycles. The maximum Gasteiger partial charge on any atom is 0.225 e. The summed E-state index contributed by atoms with van der Waals surface area (Å²) in [6.45, 7) is 3.99. The van der Waals surface area contributed by atoms with Crippen molar-refractivity contribution < 1.29 is 0 Å². The van der Waals surface area contributed by atoms with Gasteiger partial charge in [-0.25, -0.2) is 9.97 Å². The van der Waals surface area contributed by atoms with Crippen molar-refractivity contribution in [2.45, 2.75) is 6.42 Å². The second kappa shape index (κ2) is 6.20. The van der Waals surface area contributed by atoms with E-state index in [1.165, 1.54) is 0 Å². The molecular formula is C15H17ClN4. The van der Waals surface area contributed by atoms with Crippen LogP contribution in [0.5, 0.6) is 0 Å². The van der Waals surface area contributed by atoms with Crippen LogP contribution in [0, 0.1) is 0 Å². The predicted octanol–water partition coefficient (Wildman–Crippen LogP) is 2.60. The lowest BCUT2D eigenvalue weighted by atomic mass is 10.1. The lowest BCUT2D eigenvalue weighted by Gasteiger charge is -2.19. The summed E-state index contributed by atoms with van der Waals surface area (Å²) in [6.07, 6.45) is 4.82. The molecule has 1 N–H and O–H groups in total. The van der Waals surface area contributed by atoms with Crippen molar-refractivity contribution in [1.82, 2.24) is 15.3 Å². The number of rotatable bonds is 2. The third-order valence-corrected chi connectivity index (χ3v) is 3.78. The molecule has 0 unspecified atom stereocenters. The summed E-state index contributed by atoms with van der Waals surface area (Å²) in [7, 11) is 0. The largest absolute Gasteiger partial charge is 0.340 e. The molecule has 0 aliphatic carbocycles. The van der Waals surface area contributed by atoms with Crippen LogP contribution in [0.1, 0.15) is 6.42 Å². The van der Waals surface area contributed by atoms with Crippen molar-refractivity contribution in [2.75, 3.05) is 31.1 Å². The number of nitrogens with zero attached hydrogens (tertiary/aromatic N) is 3. The van der Waals surface area contributed by atoms with Gasteiger partial charge in [-0.3, -0.25) is 0 Å². The number of hydrogen-bond acceptors (Lipinski definition) is 4. The van der Waals surface area contributed by atoms with Crippen LogP contribution < -0.4 is 10.2 Å². The zero-order valence-electron chi connectivity index (χ0n) is 11.2. The zero-order chi connectivity index (χ0) is 13.8. The molecule has 0 saturated carbocycles. The summed E-state index contributed by atoms with van der Waals surface area (Å²) in [6, 6.07) is 7.75. The number of halogens is 1. The summed E-state index contributed by atoms with van der Waals surface area (Å²) in [4.78, 5) is 11.2. The number of nitrogens with one attached hydrogen (secondary N) is 1. The number of anilines is 1. The van der Waals surface area contributed by atoms with E-state index in [4.69, 9.17) is 11.6 Å². The third-order valence-electron chi connectivity index (χ3n) is 3.45. The van der Waals surface area contributed by atoms with Crippen LogP contribution in [0.2, 0.25) is 5.02 Å². The Balaban J connectivity index is 1.82. The first-order chi connectivity index (χ1) is 9.84. The van der Waals surface area contributed by atoms with Crippen LogP contribution in [0.4, 0.5) is 5.95 Å². The van der Waals surface area contributed by atoms with E-state index in [-0.39, 0.29) is 0 Å². The minimum atomic E-state index is 0.725. The van der Waals surface area contributed by atoms with Gasteiger partial charge in [0.15, 0.2) is 0 Å². The van der Waals surface area contributed by atoms with E-state index in [2.05, 4.69) is 20.2 Å². The van der Waals surface area contributed by atoms with Crippen molar-refractivity contribution in [3.63, 3.8) is 0 Å². The van der Waals surface area contributed by atoms with Gasteiger partial charge in [0.05, 0.1) is 0 Å². The first-order valence-electron chi connectivity index (χ1n) is 6.87. The van der Waals surface area contributed by atoms with E-state index in [0.717, 1.165) is 54.7 Å². The Hall–Kier alpha value is -1.65. The van der Waals surface area contributed by atoms with Crippen molar-refractivity contribution in [2.24, 2.45) is 0 Å². The van der Waals surface area contributed by atoms with E-state index < -0.39 is 0 Å². The van der Waals surface area contributed by atoms with Gasteiger partial charge in [0.2, 0.25) is 5.95 Å². The molecule has 3 rings (SSSR count). The van der Waals surface area contributed by atoms with Gasteiger partial charge < -0.3 is 10.2 Å². The van der Waals surface area contributed by atoms with Gasteiger partial charge in [-0.2, -0.15) is 0 Å². The number of aromatic nitrogens is 2. The summed E-state index contributed by atoms with van der Waals surface area (Å²) in [5.41, 5.74) is 1.92. The van der Waals surface area contributed by atoms with Crippen LogP contribution in [0.15, 0.2) is 36.7 Å². The fourth-order valence-corrected chi connectivity index (χ4v) is 2.61. The van der Waals surface area contributed by atoms with E-state index in [1.54, 1.807) is 0 Å². The van der Waals surface area contributed by atoms with Gasteiger partial charge in [0.25, 0.3) is 0 Å². The minimum Gasteiger partial charge on any atom is -0.340 e. The molecule has 1 fully saturated rings. The second-order valence-electron chi connectivity index (χ2n) is 4.84. The van der Waals surface area contributed by atoms with Gasteiger partial charge >= 0.3 is 0 Å². The molecule has 0 atom stereocenters. The standard InChI is InChI=1S/C15H17ClN4/c16-14-5-2-1-4-13(14)12-10-18-15(19-11-12)20-8-3-6-17-7-9-20/h1-2,4-5,10-11,17H,3,6-9H2. The molecule has 0 amide bonds. The Morgan fingerprint density at radius 2 is 1.85 bits per heavy atom. The Labute approximate surface area is 123 Å². The molecule has 20 heavy (non-hydrogen) atoms. The molecule has 1 aromatic carbocycles. The molecule has 2 heterocycles. The highest BCUT2D eigenvalue weighted by Gasteiger charge is 2.12. The van der Waals surface area contributed by atoms with Crippen LogP contribution in [-0.4, -0.2) is 36.1 Å². The van der Waals surface area contributed by atoms with Gasteiger partial charge in [0.1, 0.15) is 0 Å². The van der Waals surface area contributed by atoms with Crippen LogP contribution in [-0.2, 0) is 0 Å². The molecule has 1 aliphatic rings. The third kappa shape index (κ3) is 2.92. The Kier molecular flexibility index (Phi) is 4.14. The molecule has 0 spiro atoms. The highest BCUT2D eigenvalue weighted by atomic mass is 35.5. The zero-order valence-corrected chi connectivity index (χ0v) is 12.0. The van der Waals surface area contributed by atoms with Gasteiger partial charge in [-0.05, 0) is 19.0 Å².